The van der Waals surface area contributed by atoms with Gasteiger partial charge < -0.3 is 4.57 Å². The van der Waals surface area contributed by atoms with E-state index in [1.807, 2.05) is 6.07 Å². The summed E-state index contributed by atoms with van der Waals surface area (Å²) in [6.07, 6.45) is -3.93. The number of alkyl halides is 6. The second-order valence-corrected chi connectivity index (χ2v) is 6.35. The topological polar surface area (TPSA) is 41.6 Å². The van der Waals surface area contributed by atoms with E-state index in [-0.39, 0.29) is 0 Å². The first kappa shape index (κ1) is 23.8. The summed E-state index contributed by atoms with van der Waals surface area (Å²) in [5.41, 5.74) is -0.872. The van der Waals surface area contributed by atoms with E-state index in [0.717, 1.165) is 24.3 Å². The number of hydrogen-bond donors (Lipinski definition) is 0. The van der Waals surface area contributed by atoms with Crippen LogP contribution < -0.4 is 10.9 Å². The van der Waals surface area contributed by atoms with Gasteiger partial charge in [-0.25, -0.2) is 4.98 Å². The number of aromatic nitrogens is 2. The maximum Gasteiger partial charge on any atom is 0.416 e. The van der Waals surface area contributed by atoms with Crippen LogP contribution in [0.2, 0.25) is 0 Å². The second-order valence-electron chi connectivity index (χ2n) is 6.35. The zero-order chi connectivity index (χ0) is 23.1. The fourth-order valence-electron chi connectivity index (χ4n) is 2.71. The van der Waals surface area contributed by atoms with E-state index in [0.29, 0.717) is 17.5 Å². The van der Waals surface area contributed by atoms with E-state index in [1.165, 1.54) is 30.2 Å². The largest absolute Gasteiger partial charge is 0.416 e. The average Bonchev–Trinajstić information content (AvgIpc) is 3.22. The number of halogens is 6. The average molecular weight is 435 g/mol. The summed E-state index contributed by atoms with van der Waals surface area (Å²) in [6.45, 7) is 3.34. The quantitative estimate of drug-likeness (QED) is 0.449. The molecule has 0 aliphatic rings. The van der Waals surface area contributed by atoms with Gasteiger partial charge in [-0.1, -0.05) is 59.5 Å². The molecule has 3 rings (SSSR count). The number of benzene rings is 2. The van der Waals surface area contributed by atoms with E-state index in [9.17, 15) is 26.3 Å². The summed E-state index contributed by atoms with van der Waals surface area (Å²) < 4.78 is 77.7. The Morgan fingerprint density at radius 3 is 2.10 bits per heavy atom. The lowest BCUT2D eigenvalue weighted by Crippen LogP contribution is -2.41. The molecule has 0 bridgehead atoms. The van der Waals surface area contributed by atoms with Gasteiger partial charge in [-0.05, 0) is 0 Å². The maximum atomic E-state index is 12.8. The van der Waals surface area contributed by atoms with Gasteiger partial charge in [0.05, 0.1) is 23.5 Å². The highest BCUT2D eigenvalue weighted by atomic mass is 19.4. The minimum atomic E-state index is -4.48. The SMILES string of the molecule is C=CB(c1ccc(C(F)(F)F)cc1)c1cccc(C(F)(F)F)c1.N#CCn1ccnc1. The zero-order valence-corrected chi connectivity index (χ0v) is 16.0. The van der Waals surface area contributed by atoms with Gasteiger partial charge in [-0.2, -0.15) is 31.6 Å². The predicted molar refractivity (Wildman–Crippen MR) is 106 cm³/mol. The number of imidazole rings is 1. The number of hydrogen-bond acceptors (Lipinski definition) is 2. The molecule has 1 aromatic heterocycles. The summed E-state index contributed by atoms with van der Waals surface area (Å²) in [5, 5.41) is 8.14. The molecule has 0 amide bonds. The normalized spacial score (nSPS) is 11.1. The second kappa shape index (κ2) is 10.0. The first-order chi connectivity index (χ1) is 14.6. The van der Waals surface area contributed by atoms with Crippen molar-refractivity contribution in [2.24, 2.45) is 0 Å². The maximum absolute atomic E-state index is 12.8. The predicted octanol–water partition coefficient (Wildman–Crippen LogP) is 4.47. The van der Waals surface area contributed by atoms with Crippen LogP contribution >= 0.6 is 0 Å². The van der Waals surface area contributed by atoms with Crippen molar-refractivity contribution in [1.82, 2.24) is 9.55 Å². The van der Waals surface area contributed by atoms with Crippen molar-refractivity contribution in [2.75, 3.05) is 0 Å². The molecule has 0 fully saturated rings. The van der Waals surface area contributed by atoms with Gasteiger partial charge in [0.1, 0.15) is 6.54 Å². The summed E-state index contributed by atoms with van der Waals surface area (Å²) in [7, 11) is 0. The van der Waals surface area contributed by atoms with Crippen LogP contribution in [0.1, 0.15) is 11.1 Å². The van der Waals surface area contributed by atoms with Crippen LogP contribution in [0, 0.1) is 11.3 Å². The van der Waals surface area contributed by atoms with Crippen molar-refractivity contribution in [3.8, 4) is 6.07 Å². The Labute approximate surface area is 175 Å². The van der Waals surface area contributed by atoms with Gasteiger partial charge in [-0.3, -0.25) is 0 Å². The third-order valence-corrected chi connectivity index (χ3v) is 4.22. The van der Waals surface area contributed by atoms with E-state index < -0.39 is 30.2 Å². The third-order valence-electron chi connectivity index (χ3n) is 4.22. The van der Waals surface area contributed by atoms with Crippen molar-refractivity contribution in [3.05, 3.63) is 90.9 Å². The Kier molecular flexibility index (Phi) is 7.69. The highest BCUT2D eigenvalue weighted by Crippen LogP contribution is 2.29. The van der Waals surface area contributed by atoms with Crippen LogP contribution in [0.25, 0.3) is 0 Å². The Hall–Kier alpha value is -3.48. The fraction of sp³-hybridized carbons (Fsp3) is 0.143. The lowest BCUT2D eigenvalue weighted by atomic mass is 9.41. The van der Waals surface area contributed by atoms with Crippen LogP contribution in [0.5, 0.6) is 0 Å². The van der Waals surface area contributed by atoms with Gasteiger partial charge in [0.2, 0.25) is 6.71 Å². The molecule has 160 valence electrons. The van der Waals surface area contributed by atoms with Crippen molar-refractivity contribution >= 4 is 17.6 Å². The van der Waals surface area contributed by atoms with E-state index in [4.69, 9.17) is 5.26 Å². The molecule has 31 heavy (non-hydrogen) atoms. The molecule has 3 aromatic rings. The molecule has 0 saturated carbocycles. The number of nitriles is 1. The molecule has 0 radical (unpaired) electrons. The summed E-state index contributed by atoms with van der Waals surface area (Å²) in [6, 6.07) is 11.0. The number of rotatable bonds is 4. The highest BCUT2D eigenvalue weighted by Gasteiger charge is 2.32. The third kappa shape index (κ3) is 6.78. The van der Waals surface area contributed by atoms with Crippen LogP contribution in [0.15, 0.2) is 79.8 Å². The molecular weight excluding hydrogens is 419 g/mol. The number of nitrogens with zero attached hydrogens (tertiary/aromatic N) is 3. The standard InChI is InChI=1S/C16H11BF6.C5H5N3/c1-2-17(13-8-6-11(7-9-13)15(18,19)20)14-5-3-4-12(10-14)16(21,22)23;6-1-3-8-4-2-7-5-8/h2-10H,1H2;2,4-5H,3H2. The van der Waals surface area contributed by atoms with Crippen LogP contribution in [0.4, 0.5) is 26.3 Å². The summed E-state index contributed by atoms with van der Waals surface area (Å²) >= 11 is 0. The minimum Gasteiger partial charge on any atom is -0.324 e. The highest BCUT2D eigenvalue weighted by molar-refractivity contribution is 6.89. The molecule has 3 nitrogen and oxygen atoms in total. The monoisotopic (exact) mass is 435 g/mol. The van der Waals surface area contributed by atoms with Crippen LogP contribution in [-0.2, 0) is 18.9 Å². The molecule has 0 N–H and O–H groups in total. The van der Waals surface area contributed by atoms with Crippen molar-refractivity contribution in [1.29, 1.82) is 5.26 Å². The molecule has 0 unspecified atom stereocenters. The van der Waals surface area contributed by atoms with Gasteiger partial charge in [0.15, 0.2) is 0 Å². The lowest BCUT2D eigenvalue weighted by molar-refractivity contribution is -0.138. The Bertz CT molecular complexity index is 1020. The summed E-state index contributed by atoms with van der Waals surface area (Å²) in [5.74, 6) is 1.40. The molecular formula is C21H16BF6N3. The Morgan fingerprint density at radius 1 is 0.968 bits per heavy atom. The van der Waals surface area contributed by atoms with Gasteiger partial charge >= 0.3 is 12.4 Å². The Morgan fingerprint density at radius 2 is 1.61 bits per heavy atom. The van der Waals surface area contributed by atoms with Gasteiger partial charge in [0, 0.05) is 12.4 Å². The molecule has 2 aromatic carbocycles. The smallest absolute Gasteiger partial charge is 0.324 e. The molecule has 0 atom stereocenters. The van der Waals surface area contributed by atoms with Crippen molar-refractivity contribution in [3.63, 3.8) is 0 Å². The first-order valence-electron chi connectivity index (χ1n) is 8.86. The zero-order valence-electron chi connectivity index (χ0n) is 16.0. The molecule has 0 aliphatic carbocycles. The molecule has 0 saturated heterocycles. The van der Waals surface area contributed by atoms with Gasteiger partial charge in [0.25, 0.3) is 0 Å². The van der Waals surface area contributed by atoms with Crippen LogP contribution in [-0.4, -0.2) is 16.3 Å². The van der Waals surface area contributed by atoms with E-state index in [2.05, 4.69) is 11.6 Å². The van der Waals surface area contributed by atoms with Crippen molar-refractivity contribution < 1.29 is 26.3 Å². The van der Waals surface area contributed by atoms with E-state index >= 15 is 0 Å². The molecule has 0 aliphatic heterocycles. The van der Waals surface area contributed by atoms with Crippen molar-refractivity contribution in [2.45, 2.75) is 18.9 Å². The summed E-state index contributed by atoms with van der Waals surface area (Å²) in [4.78, 5) is 3.75. The first-order valence-corrected chi connectivity index (χ1v) is 8.86. The minimum absolute atomic E-state index is 0.314. The molecule has 1 heterocycles. The van der Waals surface area contributed by atoms with E-state index in [1.54, 1.807) is 23.3 Å². The van der Waals surface area contributed by atoms with Crippen LogP contribution in [0.3, 0.4) is 0 Å². The molecule has 10 heteroatoms. The lowest BCUT2D eigenvalue weighted by Gasteiger charge is -2.14. The molecule has 0 spiro atoms. The van der Waals surface area contributed by atoms with Gasteiger partial charge in [-0.15, -0.1) is 12.6 Å². The fourth-order valence-corrected chi connectivity index (χ4v) is 2.71. The Balaban J connectivity index is 0.000000357.